The Labute approximate surface area is 212 Å². The molecule has 1 aromatic heterocycles. The van der Waals surface area contributed by atoms with Crippen molar-refractivity contribution in [1.29, 1.82) is 0 Å². The zero-order valence-corrected chi connectivity index (χ0v) is 22.3. The van der Waals surface area contributed by atoms with E-state index in [2.05, 4.69) is 43.3 Å². The van der Waals surface area contributed by atoms with Crippen molar-refractivity contribution < 1.29 is 4.79 Å². The first kappa shape index (κ1) is 26.3. The van der Waals surface area contributed by atoms with Crippen LogP contribution >= 0.6 is 35.5 Å². The molecule has 176 valence electrons. The zero-order valence-electron chi connectivity index (χ0n) is 19.2. The second kappa shape index (κ2) is 13.6. The van der Waals surface area contributed by atoms with E-state index in [1.165, 1.54) is 11.5 Å². The van der Waals surface area contributed by atoms with Gasteiger partial charge < -0.3 is 20.0 Å². The molecule has 0 unspecified atom stereocenters. The van der Waals surface area contributed by atoms with Crippen molar-refractivity contribution in [2.24, 2.45) is 4.99 Å². The van der Waals surface area contributed by atoms with Crippen LogP contribution in [0, 0.1) is 0 Å². The molecule has 0 atom stereocenters. The molecule has 3 rings (SSSR count). The van der Waals surface area contributed by atoms with Gasteiger partial charge in [0.25, 0.3) is 0 Å². The summed E-state index contributed by atoms with van der Waals surface area (Å²) in [5, 5.41) is 4.34. The maximum atomic E-state index is 12.8. The molecule has 32 heavy (non-hydrogen) atoms. The van der Waals surface area contributed by atoms with Gasteiger partial charge >= 0.3 is 0 Å². The molecule has 0 spiro atoms. The number of nitrogens with zero attached hydrogens (tertiary/aromatic N) is 6. The van der Waals surface area contributed by atoms with E-state index in [1.54, 1.807) is 0 Å². The maximum absolute atomic E-state index is 12.8. The number of anilines is 1. The van der Waals surface area contributed by atoms with Crippen LogP contribution in [-0.4, -0.2) is 76.8 Å². The van der Waals surface area contributed by atoms with Crippen LogP contribution in [-0.2, 0) is 17.8 Å². The SMILES string of the molecule is CCNC(=NCC(=O)N(CC)Cc1ccccc1)N1CCN(c2nc(CC)ns2)CC1.I. The highest BCUT2D eigenvalue weighted by Gasteiger charge is 2.22. The summed E-state index contributed by atoms with van der Waals surface area (Å²) in [6, 6.07) is 10.1. The molecule has 1 amide bonds. The van der Waals surface area contributed by atoms with Gasteiger partial charge in [0.05, 0.1) is 0 Å². The van der Waals surface area contributed by atoms with Gasteiger partial charge in [-0.15, -0.1) is 24.0 Å². The molecule has 0 saturated carbocycles. The molecule has 1 saturated heterocycles. The Morgan fingerprint density at radius 3 is 2.47 bits per heavy atom. The Morgan fingerprint density at radius 2 is 1.88 bits per heavy atom. The number of hydrogen-bond acceptors (Lipinski definition) is 6. The number of carbonyl (C=O) groups excluding carboxylic acids is 1. The third-order valence-electron chi connectivity index (χ3n) is 5.27. The topological polar surface area (TPSA) is 77.0 Å². The molecular weight excluding hydrogens is 537 g/mol. The van der Waals surface area contributed by atoms with Crippen molar-refractivity contribution >= 4 is 52.5 Å². The number of benzene rings is 1. The molecule has 1 aliphatic rings. The van der Waals surface area contributed by atoms with E-state index in [1.807, 2.05) is 42.2 Å². The maximum Gasteiger partial charge on any atom is 0.244 e. The molecule has 1 aliphatic heterocycles. The van der Waals surface area contributed by atoms with Crippen molar-refractivity contribution in [3.05, 3.63) is 41.7 Å². The van der Waals surface area contributed by atoms with Crippen LogP contribution in [0.2, 0.25) is 0 Å². The Bertz CT molecular complexity index is 853. The fraction of sp³-hybridized carbons (Fsp3) is 0.545. The molecule has 1 aromatic carbocycles. The zero-order chi connectivity index (χ0) is 22.1. The Morgan fingerprint density at radius 1 is 1.16 bits per heavy atom. The van der Waals surface area contributed by atoms with Crippen molar-refractivity contribution in [3.63, 3.8) is 0 Å². The monoisotopic (exact) mass is 571 g/mol. The van der Waals surface area contributed by atoms with Gasteiger partial charge in [0.2, 0.25) is 11.0 Å². The third kappa shape index (κ3) is 7.29. The Hall–Kier alpha value is -1.95. The van der Waals surface area contributed by atoms with Crippen LogP contribution in [0.15, 0.2) is 35.3 Å². The van der Waals surface area contributed by atoms with Crippen LogP contribution in [0.25, 0.3) is 0 Å². The lowest BCUT2D eigenvalue weighted by molar-refractivity contribution is -0.130. The van der Waals surface area contributed by atoms with Crippen molar-refractivity contribution in [1.82, 2.24) is 24.5 Å². The van der Waals surface area contributed by atoms with Gasteiger partial charge in [-0.2, -0.15) is 4.37 Å². The number of amides is 1. The van der Waals surface area contributed by atoms with E-state index < -0.39 is 0 Å². The van der Waals surface area contributed by atoms with E-state index in [-0.39, 0.29) is 36.4 Å². The van der Waals surface area contributed by atoms with Crippen LogP contribution in [0.1, 0.15) is 32.2 Å². The largest absolute Gasteiger partial charge is 0.357 e. The minimum Gasteiger partial charge on any atom is -0.357 e. The number of aryl methyl sites for hydroxylation is 1. The summed E-state index contributed by atoms with van der Waals surface area (Å²) in [5.41, 5.74) is 1.13. The average molecular weight is 572 g/mol. The van der Waals surface area contributed by atoms with Gasteiger partial charge in [0, 0.05) is 63.8 Å². The van der Waals surface area contributed by atoms with Gasteiger partial charge in [0.1, 0.15) is 12.4 Å². The van der Waals surface area contributed by atoms with Gasteiger partial charge in [0.15, 0.2) is 5.96 Å². The van der Waals surface area contributed by atoms with Crippen LogP contribution in [0.4, 0.5) is 5.13 Å². The van der Waals surface area contributed by atoms with Gasteiger partial charge in [-0.25, -0.2) is 9.98 Å². The number of rotatable bonds is 8. The van der Waals surface area contributed by atoms with E-state index in [0.29, 0.717) is 13.1 Å². The number of aliphatic imine (C=N–C) groups is 1. The quantitative estimate of drug-likeness (QED) is 0.299. The summed E-state index contributed by atoms with van der Waals surface area (Å²) in [5.74, 6) is 1.76. The molecule has 2 aromatic rings. The predicted octanol–water partition coefficient (Wildman–Crippen LogP) is 2.85. The lowest BCUT2D eigenvalue weighted by Crippen LogP contribution is -2.52. The van der Waals surface area contributed by atoms with Gasteiger partial charge in [-0.3, -0.25) is 4.79 Å². The molecule has 10 heteroatoms. The number of halogens is 1. The lowest BCUT2D eigenvalue weighted by atomic mass is 10.2. The molecular formula is C22H34IN7OS. The lowest BCUT2D eigenvalue weighted by Gasteiger charge is -2.36. The second-order valence-electron chi connectivity index (χ2n) is 7.38. The normalized spacial score (nSPS) is 14.2. The average Bonchev–Trinajstić information content (AvgIpc) is 3.30. The summed E-state index contributed by atoms with van der Waals surface area (Å²) in [7, 11) is 0. The first-order valence-electron chi connectivity index (χ1n) is 11.1. The first-order valence-corrected chi connectivity index (χ1v) is 11.8. The summed E-state index contributed by atoms with van der Waals surface area (Å²) < 4.78 is 4.39. The highest BCUT2D eigenvalue weighted by Crippen LogP contribution is 2.19. The van der Waals surface area contributed by atoms with Crippen molar-refractivity contribution in [2.75, 3.05) is 50.7 Å². The van der Waals surface area contributed by atoms with E-state index >= 15 is 0 Å². The number of aromatic nitrogens is 2. The summed E-state index contributed by atoms with van der Waals surface area (Å²) >= 11 is 1.47. The van der Waals surface area contributed by atoms with Gasteiger partial charge in [-0.05, 0) is 19.4 Å². The van der Waals surface area contributed by atoms with E-state index in [0.717, 1.165) is 61.6 Å². The fourth-order valence-electron chi connectivity index (χ4n) is 3.47. The molecule has 1 fully saturated rings. The van der Waals surface area contributed by atoms with Gasteiger partial charge in [-0.1, -0.05) is 37.3 Å². The molecule has 2 heterocycles. The number of guanidine groups is 1. The van der Waals surface area contributed by atoms with Crippen LogP contribution in [0.3, 0.4) is 0 Å². The van der Waals surface area contributed by atoms with E-state index in [9.17, 15) is 4.79 Å². The van der Waals surface area contributed by atoms with Crippen molar-refractivity contribution in [2.45, 2.75) is 33.7 Å². The molecule has 1 N–H and O–H groups in total. The fourth-order valence-corrected chi connectivity index (χ4v) is 4.28. The molecule has 8 nitrogen and oxygen atoms in total. The number of piperazine rings is 1. The second-order valence-corrected chi connectivity index (χ2v) is 8.11. The Balaban J connectivity index is 0.00000363. The van der Waals surface area contributed by atoms with E-state index in [4.69, 9.17) is 0 Å². The number of hydrogen-bond donors (Lipinski definition) is 1. The first-order chi connectivity index (χ1) is 15.1. The predicted molar refractivity (Wildman–Crippen MR) is 142 cm³/mol. The smallest absolute Gasteiger partial charge is 0.244 e. The van der Waals surface area contributed by atoms with Crippen LogP contribution < -0.4 is 10.2 Å². The third-order valence-corrected chi connectivity index (χ3v) is 6.09. The summed E-state index contributed by atoms with van der Waals surface area (Å²) in [6.07, 6.45) is 0.862. The number of carbonyl (C=O) groups is 1. The molecule has 0 bridgehead atoms. The molecule has 0 radical (unpaired) electrons. The van der Waals surface area contributed by atoms with Crippen LogP contribution in [0.5, 0.6) is 0 Å². The highest BCUT2D eigenvalue weighted by molar-refractivity contribution is 14.0. The Kier molecular flexibility index (Phi) is 11.1. The number of likely N-dealkylation sites (N-methyl/N-ethyl adjacent to an activating group) is 1. The summed E-state index contributed by atoms with van der Waals surface area (Å²) in [4.78, 5) is 28.4. The minimum atomic E-state index is 0. The molecule has 0 aliphatic carbocycles. The highest BCUT2D eigenvalue weighted by atomic mass is 127. The minimum absolute atomic E-state index is 0. The number of nitrogens with one attached hydrogen (secondary N) is 1. The van der Waals surface area contributed by atoms with Crippen molar-refractivity contribution in [3.8, 4) is 0 Å². The standard InChI is InChI=1S/C22H33N7OS.HI/c1-4-19-25-22(31-26-19)29-14-12-28(13-15-29)21(23-5-2)24-16-20(30)27(6-3)17-18-10-8-7-9-11-18;/h7-11H,4-6,12-17H2,1-3H3,(H,23,24);1H. The summed E-state index contributed by atoms with van der Waals surface area (Å²) in [6.45, 7) is 11.7.